The normalized spacial score (nSPS) is 12.4. The van der Waals surface area contributed by atoms with Crippen LogP contribution in [0.15, 0.2) is 4.63 Å². The fraction of sp³-hybridized carbons (Fsp3) is 0.800. The molecule has 0 amide bonds. The van der Waals surface area contributed by atoms with E-state index in [0.717, 1.165) is 24.5 Å². The molecule has 0 fully saturated rings. The van der Waals surface area contributed by atoms with Crippen LogP contribution in [0.4, 0.5) is 0 Å². The Morgan fingerprint density at radius 2 is 2.07 bits per heavy atom. The summed E-state index contributed by atoms with van der Waals surface area (Å²) in [5.74, 6) is 0. The van der Waals surface area contributed by atoms with Crippen molar-refractivity contribution in [2.45, 2.75) is 27.3 Å². The third-order valence-electron chi connectivity index (χ3n) is 2.42. The SMILES string of the molecule is Cc1nonc1CN(C)CC(C)(C)CN. The van der Waals surface area contributed by atoms with Crippen LogP contribution in [0.3, 0.4) is 0 Å². The minimum Gasteiger partial charge on any atom is -0.330 e. The van der Waals surface area contributed by atoms with E-state index in [1.54, 1.807) is 0 Å². The van der Waals surface area contributed by atoms with Crippen LogP contribution in [0, 0.1) is 12.3 Å². The average Bonchev–Trinajstić information content (AvgIpc) is 2.51. The summed E-state index contributed by atoms with van der Waals surface area (Å²) >= 11 is 0. The van der Waals surface area contributed by atoms with Crippen molar-refractivity contribution in [1.82, 2.24) is 15.2 Å². The maximum atomic E-state index is 5.68. The molecule has 0 unspecified atom stereocenters. The van der Waals surface area contributed by atoms with Crippen LogP contribution in [0.2, 0.25) is 0 Å². The zero-order valence-corrected chi connectivity index (χ0v) is 9.95. The summed E-state index contributed by atoms with van der Waals surface area (Å²) in [6, 6.07) is 0. The van der Waals surface area contributed by atoms with E-state index in [4.69, 9.17) is 5.73 Å². The van der Waals surface area contributed by atoms with Crippen LogP contribution in [0.1, 0.15) is 25.2 Å². The van der Waals surface area contributed by atoms with Gasteiger partial charge in [0.1, 0.15) is 11.4 Å². The third kappa shape index (κ3) is 3.60. The van der Waals surface area contributed by atoms with Gasteiger partial charge >= 0.3 is 0 Å². The Morgan fingerprint density at radius 1 is 1.40 bits per heavy atom. The molecule has 1 aromatic heterocycles. The molecule has 1 heterocycles. The molecule has 0 radical (unpaired) electrons. The Labute approximate surface area is 90.6 Å². The number of aromatic nitrogens is 2. The van der Waals surface area contributed by atoms with Gasteiger partial charge in [-0.2, -0.15) is 0 Å². The van der Waals surface area contributed by atoms with Gasteiger partial charge in [-0.25, -0.2) is 4.63 Å². The zero-order chi connectivity index (χ0) is 11.5. The van der Waals surface area contributed by atoms with Crippen molar-refractivity contribution in [3.05, 3.63) is 11.4 Å². The Hall–Kier alpha value is -0.940. The van der Waals surface area contributed by atoms with E-state index in [9.17, 15) is 0 Å². The smallest absolute Gasteiger partial charge is 0.122 e. The fourth-order valence-corrected chi connectivity index (χ4v) is 1.50. The topological polar surface area (TPSA) is 68.2 Å². The zero-order valence-electron chi connectivity index (χ0n) is 9.95. The lowest BCUT2D eigenvalue weighted by atomic mass is 9.93. The summed E-state index contributed by atoms with van der Waals surface area (Å²) in [6.45, 7) is 8.55. The monoisotopic (exact) mass is 212 g/mol. The van der Waals surface area contributed by atoms with Crippen LogP contribution >= 0.6 is 0 Å². The molecule has 0 saturated carbocycles. The molecule has 1 aromatic rings. The first kappa shape index (κ1) is 12.1. The average molecular weight is 212 g/mol. The summed E-state index contributed by atoms with van der Waals surface area (Å²) in [6.07, 6.45) is 0. The largest absolute Gasteiger partial charge is 0.330 e. The molecule has 5 nitrogen and oxygen atoms in total. The van der Waals surface area contributed by atoms with E-state index < -0.39 is 0 Å². The number of nitrogens with two attached hydrogens (primary N) is 1. The lowest BCUT2D eigenvalue weighted by Gasteiger charge is -2.28. The van der Waals surface area contributed by atoms with Gasteiger partial charge in [-0.05, 0) is 25.9 Å². The van der Waals surface area contributed by atoms with Gasteiger partial charge in [0.25, 0.3) is 0 Å². The molecule has 0 aliphatic carbocycles. The minimum atomic E-state index is 0.125. The Bertz CT molecular complexity index is 308. The van der Waals surface area contributed by atoms with Gasteiger partial charge in [-0.1, -0.05) is 24.2 Å². The maximum absolute atomic E-state index is 5.68. The Kier molecular flexibility index (Phi) is 3.82. The number of rotatable bonds is 5. The van der Waals surface area contributed by atoms with Crippen molar-refractivity contribution in [2.75, 3.05) is 20.1 Å². The summed E-state index contributed by atoms with van der Waals surface area (Å²) in [7, 11) is 2.05. The number of aryl methyl sites for hydroxylation is 1. The second kappa shape index (κ2) is 4.72. The van der Waals surface area contributed by atoms with Crippen molar-refractivity contribution >= 4 is 0 Å². The van der Waals surface area contributed by atoms with Crippen LogP contribution < -0.4 is 5.73 Å². The minimum absolute atomic E-state index is 0.125. The summed E-state index contributed by atoms with van der Waals surface area (Å²) in [5.41, 5.74) is 7.56. The molecular formula is C10H20N4O. The van der Waals surface area contributed by atoms with Gasteiger partial charge in [-0.15, -0.1) is 0 Å². The second-order valence-corrected chi connectivity index (χ2v) is 4.84. The first-order chi connectivity index (χ1) is 6.94. The van der Waals surface area contributed by atoms with E-state index in [1.165, 1.54) is 0 Å². The standard InChI is InChI=1S/C10H20N4O/c1-8-9(13-15-12-8)5-14(4)7-10(2,3)6-11/h5-7,11H2,1-4H3. The third-order valence-corrected chi connectivity index (χ3v) is 2.42. The number of hydrogen-bond donors (Lipinski definition) is 1. The van der Waals surface area contributed by atoms with Gasteiger partial charge in [0.05, 0.1) is 0 Å². The number of hydrogen-bond acceptors (Lipinski definition) is 5. The molecule has 2 N–H and O–H groups in total. The molecule has 86 valence electrons. The summed E-state index contributed by atoms with van der Waals surface area (Å²) in [5, 5.41) is 7.60. The maximum Gasteiger partial charge on any atom is 0.122 e. The fourth-order valence-electron chi connectivity index (χ4n) is 1.50. The van der Waals surface area contributed by atoms with E-state index in [-0.39, 0.29) is 5.41 Å². The van der Waals surface area contributed by atoms with Crippen molar-refractivity contribution < 1.29 is 4.63 Å². The molecule has 0 saturated heterocycles. The van der Waals surface area contributed by atoms with Gasteiger partial charge in [0, 0.05) is 13.1 Å². The highest BCUT2D eigenvalue weighted by molar-refractivity contribution is 5.04. The van der Waals surface area contributed by atoms with Crippen molar-refractivity contribution in [1.29, 1.82) is 0 Å². The van der Waals surface area contributed by atoms with E-state index >= 15 is 0 Å². The van der Waals surface area contributed by atoms with Crippen LogP contribution in [-0.4, -0.2) is 35.4 Å². The molecule has 5 heteroatoms. The Morgan fingerprint density at radius 3 is 2.53 bits per heavy atom. The first-order valence-electron chi connectivity index (χ1n) is 5.11. The molecule has 0 bridgehead atoms. The first-order valence-corrected chi connectivity index (χ1v) is 5.11. The van der Waals surface area contributed by atoms with Gasteiger partial charge in [0.2, 0.25) is 0 Å². The van der Waals surface area contributed by atoms with Crippen LogP contribution in [0.5, 0.6) is 0 Å². The van der Waals surface area contributed by atoms with Crippen LogP contribution in [-0.2, 0) is 6.54 Å². The molecule has 0 aromatic carbocycles. The predicted molar refractivity (Wildman–Crippen MR) is 58.2 cm³/mol. The number of nitrogens with zero attached hydrogens (tertiary/aromatic N) is 3. The van der Waals surface area contributed by atoms with Gasteiger partial charge in [-0.3, -0.25) is 4.90 Å². The molecular weight excluding hydrogens is 192 g/mol. The molecule has 0 spiro atoms. The molecule has 0 aliphatic heterocycles. The van der Waals surface area contributed by atoms with E-state index in [0.29, 0.717) is 6.54 Å². The highest BCUT2D eigenvalue weighted by atomic mass is 16.6. The van der Waals surface area contributed by atoms with Crippen molar-refractivity contribution in [2.24, 2.45) is 11.1 Å². The van der Waals surface area contributed by atoms with E-state index in [1.807, 2.05) is 14.0 Å². The molecule has 0 atom stereocenters. The second-order valence-electron chi connectivity index (χ2n) is 4.84. The molecule has 0 aliphatic rings. The molecule has 1 rings (SSSR count). The van der Waals surface area contributed by atoms with Crippen molar-refractivity contribution in [3.63, 3.8) is 0 Å². The predicted octanol–water partition coefficient (Wildman–Crippen LogP) is 0.795. The Balaban J connectivity index is 2.50. The van der Waals surface area contributed by atoms with E-state index in [2.05, 4.69) is 33.7 Å². The summed E-state index contributed by atoms with van der Waals surface area (Å²) < 4.78 is 4.65. The highest BCUT2D eigenvalue weighted by Crippen LogP contribution is 2.15. The van der Waals surface area contributed by atoms with Crippen molar-refractivity contribution in [3.8, 4) is 0 Å². The quantitative estimate of drug-likeness (QED) is 0.781. The van der Waals surface area contributed by atoms with Gasteiger partial charge < -0.3 is 5.73 Å². The highest BCUT2D eigenvalue weighted by Gasteiger charge is 2.19. The molecule has 15 heavy (non-hydrogen) atoms. The summed E-state index contributed by atoms with van der Waals surface area (Å²) in [4.78, 5) is 2.18. The van der Waals surface area contributed by atoms with Crippen LogP contribution in [0.25, 0.3) is 0 Å². The lowest BCUT2D eigenvalue weighted by Crippen LogP contribution is -2.36. The van der Waals surface area contributed by atoms with Gasteiger partial charge in [0.15, 0.2) is 0 Å². The lowest BCUT2D eigenvalue weighted by molar-refractivity contribution is 0.204.